The smallest absolute Gasteiger partial charge is 0.420 e. The van der Waals surface area contributed by atoms with Crippen molar-refractivity contribution in [3.8, 4) is 11.1 Å². The highest BCUT2D eigenvalue weighted by Crippen LogP contribution is 2.29. The number of rotatable bonds is 6. The molecule has 4 aromatic rings. The second kappa shape index (κ2) is 8.54. The van der Waals surface area contributed by atoms with Crippen molar-refractivity contribution in [2.75, 3.05) is 5.32 Å². The van der Waals surface area contributed by atoms with Gasteiger partial charge in [0.05, 0.1) is 11.2 Å². The van der Waals surface area contributed by atoms with Crippen LogP contribution in [0.1, 0.15) is 15.9 Å². The van der Waals surface area contributed by atoms with Crippen molar-refractivity contribution in [2.45, 2.75) is 6.54 Å². The monoisotopic (exact) mass is 414 g/mol. The number of hydrogen-bond donors (Lipinski definition) is 2. The summed E-state index contributed by atoms with van der Waals surface area (Å²) in [6.45, 7) is 0.258. The van der Waals surface area contributed by atoms with E-state index >= 15 is 0 Å². The zero-order chi connectivity index (χ0) is 21.8. The van der Waals surface area contributed by atoms with Crippen molar-refractivity contribution >= 4 is 35.2 Å². The number of oxazole rings is 1. The molecule has 4 rings (SSSR count). The summed E-state index contributed by atoms with van der Waals surface area (Å²) >= 11 is 0. The molecule has 0 atom stereocenters. The van der Waals surface area contributed by atoms with Gasteiger partial charge in [-0.05, 0) is 35.4 Å². The lowest BCUT2D eigenvalue weighted by Gasteiger charge is -2.10. The van der Waals surface area contributed by atoms with E-state index in [0.29, 0.717) is 28.6 Å². The van der Waals surface area contributed by atoms with Gasteiger partial charge in [0, 0.05) is 17.7 Å². The molecule has 7 nitrogen and oxygen atoms in total. The van der Waals surface area contributed by atoms with Crippen molar-refractivity contribution in [3.63, 3.8) is 0 Å². The fourth-order valence-corrected chi connectivity index (χ4v) is 3.38. The molecule has 7 heteroatoms. The third-order valence-corrected chi connectivity index (χ3v) is 4.80. The number of aromatic nitrogens is 1. The Labute approximate surface area is 176 Å². The number of benzene rings is 3. The Morgan fingerprint density at radius 3 is 2.55 bits per heavy atom. The first kappa shape index (κ1) is 19.9. The number of carbonyl (C=O) groups is 2. The summed E-state index contributed by atoms with van der Waals surface area (Å²) in [5.74, 6) is -0.518. The number of carboxylic acid groups (broad SMARTS) is 1. The van der Waals surface area contributed by atoms with Gasteiger partial charge >= 0.3 is 11.8 Å². The van der Waals surface area contributed by atoms with Crippen LogP contribution < -0.4 is 11.1 Å². The lowest BCUT2D eigenvalue weighted by molar-refractivity contribution is 0.112. The molecule has 3 aromatic carbocycles. The summed E-state index contributed by atoms with van der Waals surface area (Å²) in [5.41, 5.74) is 4.27. The molecule has 0 unspecified atom stereocenters. The Hall–Kier alpha value is -4.39. The molecule has 1 aromatic heterocycles. The molecule has 0 bridgehead atoms. The maximum Gasteiger partial charge on any atom is 0.420 e. The molecule has 0 saturated carbocycles. The molecule has 0 aliphatic heterocycles. The van der Waals surface area contributed by atoms with Crippen LogP contribution in [0.4, 0.5) is 10.5 Å². The Kier molecular flexibility index (Phi) is 5.49. The molecular weight excluding hydrogens is 396 g/mol. The SMILES string of the molecule is O=Cc1ccc2c(c1)oc(=O)n2CC=Cc1ccc(-c2ccccc2)c(NC(=O)O)c1. The molecule has 0 spiro atoms. The summed E-state index contributed by atoms with van der Waals surface area (Å²) in [4.78, 5) is 34.3. The number of amides is 1. The van der Waals surface area contributed by atoms with Gasteiger partial charge in [0.25, 0.3) is 0 Å². The first-order chi connectivity index (χ1) is 15.0. The van der Waals surface area contributed by atoms with Gasteiger partial charge < -0.3 is 9.52 Å². The van der Waals surface area contributed by atoms with Gasteiger partial charge in [0.1, 0.15) is 6.29 Å². The van der Waals surface area contributed by atoms with E-state index in [1.54, 1.807) is 30.4 Å². The normalized spacial score (nSPS) is 11.1. The van der Waals surface area contributed by atoms with Crippen molar-refractivity contribution in [1.82, 2.24) is 4.57 Å². The number of carbonyl (C=O) groups excluding carboxylic acids is 1. The van der Waals surface area contributed by atoms with Crippen LogP contribution in [0.25, 0.3) is 28.3 Å². The van der Waals surface area contributed by atoms with Gasteiger partial charge in [0.2, 0.25) is 0 Å². The van der Waals surface area contributed by atoms with E-state index in [0.717, 1.165) is 16.7 Å². The van der Waals surface area contributed by atoms with Crippen molar-refractivity contribution in [2.24, 2.45) is 0 Å². The molecule has 154 valence electrons. The molecule has 31 heavy (non-hydrogen) atoms. The average molecular weight is 414 g/mol. The van der Waals surface area contributed by atoms with Crippen LogP contribution >= 0.6 is 0 Å². The van der Waals surface area contributed by atoms with E-state index in [1.807, 2.05) is 42.5 Å². The number of allylic oxidation sites excluding steroid dienone is 1. The largest absolute Gasteiger partial charge is 0.465 e. The average Bonchev–Trinajstić information content (AvgIpc) is 3.08. The second-order valence-electron chi connectivity index (χ2n) is 6.83. The summed E-state index contributed by atoms with van der Waals surface area (Å²) in [6.07, 6.45) is 3.13. The minimum Gasteiger partial charge on any atom is -0.465 e. The second-order valence-corrected chi connectivity index (χ2v) is 6.83. The van der Waals surface area contributed by atoms with Gasteiger partial charge in [-0.25, -0.2) is 9.59 Å². The van der Waals surface area contributed by atoms with E-state index in [4.69, 9.17) is 4.42 Å². The first-order valence-electron chi connectivity index (χ1n) is 9.49. The molecule has 0 fully saturated rings. The summed E-state index contributed by atoms with van der Waals surface area (Å²) in [7, 11) is 0. The van der Waals surface area contributed by atoms with Crippen LogP contribution in [-0.2, 0) is 6.54 Å². The van der Waals surface area contributed by atoms with Crippen LogP contribution in [-0.4, -0.2) is 22.1 Å². The number of anilines is 1. The van der Waals surface area contributed by atoms with E-state index in [9.17, 15) is 19.5 Å². The topological polar surface area (TPSA) is 102 Å². The van der Waals surface area contributed by atoms with Gasteiger partial charge in [-0.3, -0.25) is 14.7 Å². The number of aldehydes is 1. The van der Waals surface area contributed by atoms with Crippen LogP contribution in [0.5, 0.6) is 0 Å². The lowest BCUT2D eigenvalue weighted by atomic mass is 10.0. The van der Waals surface area contributed by atoms with E-state index in [2.05, 4.69) is 5.32 Å². The molecule has 0 saturated heterocycles. The fourth-order valence-electron chi connectivity index (χ4n) is 3.38. The third kappa shape index (κ3) is 4.30. The highest BCUT2D eigenvalue weighted by molar-refractivity contribution is 5.91. The summed E-state index contributed by atoms with van der Waals surface area (Å²) < 4.78 is 6.66. The summed E-state index contributed by atoms with van der Waals surface area (Å²) in [5, 5.41) is 11.6. The predicted molar refractivity (Wildman–Crippen MR) is 118 cm³/mol. The Bertz CT molecular complexity index is 1350. The zero-order valence-corrected chi connectivity index (χ0v) is 16.3. The molecule has 1 heterocycles. The molecule has 0 aliphatic rings. The summed E-state index contributed by atoms with van der Waals surface area (Å²) in [6, 6.07) is 19.8. The highest BCUT2D eigenvalue weighted by Gasteiger charge is 2.10. The molecular formula is C24H18N2O5. The highest BCUT2D eigenvalue weighted by atomic mass is 16.4. The number of fused-ring (bicyclic) bond motifs is 1. The van der Waals surface area contributed by atoms with E-state index in [-0.39, 0.29) is 6.54 Å². The predicted octanol–water partition coefficient (Wildman–Crippen LogP) is 4.88. The standard InChI is InChI=1S/C24H18N2O5/c27-15-17-9-11-21-22(14-17)31-24(30)26(21)12-4-5-16-8-10-19(18-6-2-1-3-7-18)20(13-16)25-23(28)29/h1-11,13-15,25H,12H2,(H,28,29). The first-order valence-corrected chi connectivity index (χ1v) is 9.49. The van der Waals surface area contributed by atoms with E-state index < -0.39 is 11.8 Å². The van der Waals surface area contributed by atoms with Crippen LogP contribution in [0.3, 0.4) is 0 Å². The van der Waals surface area contributed by atoms with Crippen LogP contribution in [0, 0.1) is 0 Å². The number of hydrogen-bond acceptors (Lipinski definition) is 4. The minimum atomic E-state index is -1.15. The van der Waals surface area contributed by atoms with Gasteiger partial charge in [-0.15, -0.1) is 0 Å². The number of nitrogens with one attached hydrogen (secondary N) is 1. The van der Waals surface area contributed by atoms with Crippen molar-refractivity contribution in [3.05, 3.63) is 94.5 Å². The number of nitrogens with zero attached hydrogens (tertiary/aromatic N) is 1. The molecule has 0 radical (unpaired) electrons. The van der Waals surface area contributed by atoms with Crippen molar-refractivity contribution < 1.29 is 19.1 Å². The van der Waals surface area contributed by atoms with Gasteiger partial charge in [0.15, 0.2) is 5.58 Å². The Morgan fingerprint density at radius 1 is 1.03 bits per heavy atom. The minimum absolute atomic E-state index is 0.258. The maximum absolute atomic E-state index is 12.2. The van der Waals surface area contributed by atoms with Crippen molar-refractivity contribution in [1.29, 1.82) is 0 Å². The lowest BCUT2D eigenvalue weighted by Crippen LogP contribution is -2.12. The van der Waals surface area contributed by atoms with Gasteiger partial charge in [-0.1, -0.05) is 54.6 Å². The quantitative estimate of drug-likeness (QED) is 0.438. The maximum atomic E-state index is 12.2. The Balaban J connectivity index is 1.61. The Morgan fingerprint density at radius 2 is 1.81 bits per heavy atom. The molecule has 1 amide bonds. The van der Waals surface area contributed by atoms with E-state index in [1.165, 1.54) is 10.6 Å². The zero-order valence-electron chi connectivity index (χ0n) is 16.3. The van der Waals surface area contributed by atoms with Gasteiger partial charge in [-0.2, -0.15) is 0 Å². The fraction of sp³-hybridized carbons (Fsp3) is 0.0417. The van der Waals surface area contributed by atoms with Crippen LogP contribution in [0.15, 0.2) is 82.0 Å². The third-order valence-electron chi connectivity index (χ3n) is 4.80. The molecule has 2 N–H and O–H groups in total. The van der Waals surface area contributed by atoms with Crippen LogP contribution in [0.2, 0.25) is 0 Å². The molecule has 0 aliphatic carbocycles.